The molecule has 0 saturated heterocycles. The van der Waals surface area contributed by atoms with Gasteiger partial charge in [-0.05, 0) is 18.6 Å². The molecule has 0 amide bonds. The number of nitrogens with zero attached hydrogens (tertiary/aromatic N) is 1. The average Bonchev–Trinajstić information content (AvgIpc) is 2.19. The van der Waals surface area contributed by atoms with E-state index >= 15 is 0 Å². The van der Waals surface area contributed by atoms with Crippen LogP contribution in [0.25, 0.3) is 0 Å². The van der Waals surface area contributed by atoms with E-state index in [0.29, 0.717) is 18.9 Å². The number of pyridine rings is 1. The van der Waals surface area contributed by atoms with Gasteiger partial charge in [-0.1, -0.05) is 13.0 Å². The van der Waals surface area contributed by atoms with Crippen LogP contribution < -0.4 is 0 Å². The van der Waals surface area contributed by atoms with Crippen molar-refractivity contribution >= 4 is 0 Å². The molecule has 1 atom stereocenters. The Morgan fingerprint density at radius 3 is 3.00 bits per heavy atom. The largest absolute Gasteiger partial charge is 0.384 e. The van der Waals surface area contributed by atoms with Crippen molar-refractivity contribution in [2.24, 2.45) is 0 Å². The van der Waals surface area contributed by atoms with E-state index in [1.54, 1.807) is 12.3 Å². The van der Waals surface area contributed by atoms with Gasteiger partial charge in [0, 0.05) is 12.8 Å². The fourth-order valence-corrected chi connectivity index (χ4v) is 0.998. The predicted molar refractivity (Wildman–Crippen MR) is 50.3 cm³/mol. The van der Waals surface area contributed by atoms with Crippen LogP contribution in [0.1, 0.15) is 25.1 Å². The third kappa shape index (κ3) is 3.53. The Morgan fingerprint density at radius 1 is 1.54 bits per heavy atom. The molecular formula is C10H15NO2. The number of hydrogen-bond donors (Lipinski definition) is 1. The molecule has 13 heavy (non-hydrogen) atoms. The van der Waals surface area contributed by atoms with Gasteiger partial charge in [0.1, 0.15) is 6.10 Å². The van der Waals surface area contributed by atoms with Gasteiger partial charge in [0.25, 0.3) is 0 Å². The van der Waals surface area contributed by atoms with Crippen LogP contribution in [0.5, 0.6) is 0 Å². The molecule has 0 saturated carbocycles. The minimum atomic E-state index is -0.604. The third-order valence-corrected chi connectivity index (χ3v) is 1.65. The van der Waals surface area contributed by atoms with Crippen LogP contribution in [0.2, 0.25) is 0 Å². The zero-order valence-corrected chi connectivity index (χ0v) is 7.81. The number of aliphatic hydroxyl groups is 1. The molecule has 1 N–H and O–H groups in total. The summed E-state index contributed by atoms with van der Waals surface area (Å²) in [7, 11) is 0. The van der Waals surface area contributed by atoms with Gasteiger partial charge in [0.2, 0.25) is 0 Å². The van der Waals surface area contributed by atoms with Crippen LogP contribution in [-0.4, -0.2) is 23.3 Å². The average molecular weight is 181 g/mol. The Bertz CT molecular complexity index is 226. The second-order valence-electron chi connectivity index (χ2n) is 2.85. The molecular weight excluding hydrogens is 166 g/mol. The van der Waals surface area contributed by atoms with Crippen molar-refractivity contribution in [3.8, 4) is 0 Å². The highest BCUT2D eigenvalue weighted by Gasteiger charge is 2.07. The van der Waals surface area contributed by atoms with Crippen molar-refractivity contribution in [3.63, 3.8) is 0 Å². The molecule has 3 heteroatoms. The molecule has 0 fully saturated rings. The molecule has 0 aliphatic rings. The van der Waals surface area contributed by atoms with E-state index in [0.717, 1.165) is 6.42 Å². The third-order valence-electron chi connectivity index (χ3n) is 1.65. The Kier molecular flexibility index (Phi) is 4.43. The maximum absolute atomic E-state index is 9.56. The fraction of sp³-hybridized carbons (Fsp3) is 0.500. The highest BCUT2D eigenvalue weighted by molar-refractivity contribution is 5.06. The van der Waals surface area contributed by atoms with Gasteiger partial charge in [-0.2, -0.15) is 0 Å². The lowest BCUT2D eigenvalue weighted by Gasteiger charge is -2.09. The first-order chi connectivity index (χ1) is 6.34. The summed E-state index contributed by atoms with van der Waals surface area (Å²) < 4.78 is 5.21. The lowest BCUT2D eigenvalue weighted by atomic mass is 10.2. The lowest BCUT2D eigenvalue weighted by Crippen LogP contribution is -2.08. The summed E-state index contributed by atoms with van der Waals surface area (Å²) in [4.78, 5) is 4.03. The summed E-state index contributed by atoms with van der Waals surface area (Å²) in [6.45, 7) is 3.04. The van der Waals surface area contributed by atoms with E-state index in [-0.39, 0.29) is 0 Å². The summed E-state index contributed by atoms with van der Waals surface area (Å²) in [5.41, 5.74) is 0.665. The molecule has 0 radical (unpaired) electrons. The molecule has 0 bridgehead atoms. The van der Waals surface area contributed by atoms with Gasteiger partial charge in [0.05, 0.1) is 12.3 Å². The van der Waals surface area contributed by atoms with E-state index in [1.165, 1.54) is 0 Å². The minimum absolute atomic E-state index is 0.324. The minimum Gasteiger partial charge on any atom is -0.384 e. The molecule has 72 valence electrons. The summed E-state index contributed by atoms with van der Waals surface area (Å²) in [5.74, 6) is 0. The van der Waals surface area contributed by atoms with Crippen LogP contribution in [0.15, 0.2) is 24.4 Å². The van der Waals surface area contributed by atoms with E-state index in [9.17, 15) is 5.11 Å². The van der Waals surface area contributed by atoms with Crippen LogP contribution in [-0.2, 0) is 4.74 Å². The number of ether oxygens (including phenoxy) is 1. The van der Waals surface area contributed by atoms with E-state index in [2.05, 4.69) is 4.98 Å². The SMILES string of the molecule is CCCOCC(O)c1ccccn1. The number of aromatic nitrogens is 1. The second-order valence-corrected chi connectivity index (χ2v) is 2.85. The first kappa shape index (κ1) is 10.2. The highest BCUT2D eigenvalue weighted by atomic mass is 16.5. The maximum Gasteiger partial charge on any atom is 0.119 e. The monoisotopic (exact) mass is 181 g/mol. The zero-order valence-electron chi connectivity index (χ0n) is 7.81. The molecule has 0 aliphatic carbocycles. The van der Waals surface area contributed by atoms with Crippen molar-refractivity contribution in [1.29, 1.82) is 0 Å². The number of hydrogen-bond acceptors (Lipinski definition) is 3. The van der Waals surface area contributed by atoms with Crippen LogP contribution in [0, 0.1) is 0 Å². The molecule has 0 aliphatic heterocycles. The second kappa shape index (κ2) is 5.67. The van der Waals surface area contributed by atoms with E-state index in [4.69, 9.17) is 4.74 Å². The van der Waals surface area contributed by atoms with E-state index in [1.807, 2.05) is 19.1 Å². The molecule has 0 aromatic carbocycles. The number of rotatable bonds is 5. The topological polar surface area (TPSA) is 42.4 Å². The van der Waals surface area contributed by atoms with Gasteiger partial charge in [-0.15, -0.1) is 0 Å². The molecule has 3 nitrogen and oxygen atoms in total. The van der Waals surface area contributed by atoms with Crippen LogP contribution in [0.4, 0.5) is 0 Å². The van der Waals surface area contributed by atoms with Crippen LogP contribution in [0.3, 0.4) is 0 Å². The van der Waals surface area contributed by atoms with Gasteiger partial charge < -0.3 is 9.84 Å². The normalized spacial score (nSPS) is 12.8. The maximum atomic E-state index is 9.56. The summed E-state index contributed by atoms with van der Waals surface area (Å²) >= 11 is 0. The molecule has 1 aromatic rings. The Labute approximate surface area is 78.4 Å². The summed E-state index contributed by atoms with van der Waals surface area (Å²) in [6, 6.07) is 5.47. The molecule has 1 aromatic heterocycles. The van der Waals surface area contributed by atoms with Gasteiger partial charge in [-0.3, -0.25) is 4.98 Å². The summed E-state index contributed by atoms with van der Waals surface area (Å²) in [5, 5.41) is 9.56. The quantitative estimate of drug-likeness (QED) is 0.701. The molecule has 0 spiro atoms. The smallest absolute Gasteiger partial charge is 0.119 e. The standard InChI is InChI=1S/C10H15NO2/c1-2-7-13-8-10(12)9-5-3-4-6-11-9/h3-6,10,12H,2,7-8H2,1H3. The first-order valence-corrected chi connectivity index (χ1v) is 4.51. The number of aliphatic hydroxyl groups excluding tert-OH is 1. The molecule has 1 rings (SSSR count). The Balaban J connectivity index is 2.35. The summed E-state index contributed by atoms with van der Waals surface area (Å²) in [6.07, 6.45) is 2.03. The van der Waals surface area contributed by atoms with Crippen molar-refractivity contribution in [1.82, 2.24) is 4.98 Å². The van der Waals surface area contributed by atoms with Crippen molar-refractivity contribution in [3.05, 3.63) is 30.1 Å². The Morgan fingerprint density at radius 2 is 2.38 bits per heavy atom. The highest BCUT2D eigenvalue weighted by Crippen LogP contribution is 2.08. The Hall–Kier alpha value is -0.930. The van der Waals surface area contributed by atoms with Gasteiger partial charge in [0.15, 0.2) is 0 Å². The van der Waals surface area contributed by atoms with Gasteiger partial charge in [-0.25, -0.2) is 0 Å². The molecule has 1 unspecified atom stereocenters. The van der Waals surface area contributed by atoms with Crippen molar-refractivity contribution < 1.29 is 9.84 Å². The molecule has 1 heterocycles. The zero-order chi connectivity index (χ0) is 9.52. The predicted octanol–water partition coefficient (Wildman–Crippen LogP) is 1.54. The fourth-order valence-electron chi connectivity index (χ4n) is 0.998. The van der Waals surface area contributed by atoms with Gasteiger partial charge >= 0.3 is 0 Å². The van der Waals surface area contributed by atoms with Crippen LogP contribution >= 0.6 is 0 Å². The lowest BCUT2D eigenvalue weighted by molar-refractivity contribution is 0.0342. The van der Waals surface area contributed by atoms with Crippen molar-refractivity contribution in [2.45, 2.75) is 19.4 Å². The first-order valence-electron chi connectivity index (χ1n) is 4.51. The van der Waals surface area contributed by atoms with E-state index < -0.39 is 6.10 Å². The van der Waals surface area contributed by atoms with Crippen molar-refractivity contribution in [2.75, 3.05) is 13.2 Å².